The fourth-order valence-corrected chi connectivity index (χ4v) is 1.73. The topological polar surface area (TPSA) is 94.1 Å². The first-order chi connectivity index (χ1) is 8.63. The van der Waals surface area contributed by atoms with Gasteiger partial charge in [0.25, 0.3) is 5.69 Å². The molecule has 0 atom stereocenters. The molecule has 0 amide bonds. The molecule has 2 aromatic rings. The number of aryl methyl sites for hydroxylation is 1. The first kappa shape index (κ1) is 12.2. The minimum Gasteiger partial charge on any atom is -0.396 e. The van der Waals surface area contributed by atoms with Crippen molar-refractivity contribution in [2.24, 2.45) is 0 Å². The zero-order valence-electron chi connectivity index (χ0n) is 9.78. The molecule has 2 rings (SSSR count). The van der Waals surface area contributed by atoms with Gasteiger partial charge in [0.2, 0.25) is 0 Å². The van der Waals surface area contributed by atoms with Crippen LogP contribution < -0.4 is 0 Å². The van der Waals surface area contributed by atoms with Crippen molar-refractivity contribution in [3.8, 4) is 5.69 Å². The molecule has 94 valence electrons. The lowest BCUT2D eigenvalue weighted by Gasteiger charge is -2.05. The normalized spacial score (nSPS) is 10.6. The van der Waals surface area contributed by atoms with Gasteiger partial charge in [0.1, 0.15) is 5.69 Å². The summed E-state index contributed by atoms with van der Waals surface area (Å²) in [4.78, 5) is 10.5. The van der Waals surface area contributed by atoms with Crippen LogP contribution in [0.1, 0.15) is 11.3 Å². The number of benzene rings is 1. The molecule has 1 N–H and O–H groups in total. The molecule has 0 spiro atoms. The van der Waals surface area contributed by atoms with Gasteiger partial charge >= 0.3 is 0 Å². The lowest BCUT2D eigenvalue weighted by atomic mass is 10.1. The van der Waals surface area contributed by atoms with Gasteiger partial charge in [-0.05, 0) is 12.5 Å². The summed E-state index contributed by atoms with van der Waals surface area (Å²) in [6, 6.07) is 4.83. The first-order valence-corrected chi connectivity index (χ1v) is 5.40. The Bertz CT molecular complexity index is 579. The number of rotatable bonds is 4. The molecule has 0 radical (unpaired) electrons. The Labute approximate surface area is 103 Å². The number of hydrogen-bond acceptors (Lipinski definition) is 5. The van der Waals surface area contributed by atoms with Gasteiger partial charge < -0.3 is 5.11 Å². The quantitative estimate of drug-likeness (QED) is 0.643. The molecule has 18 heavy (non-hydrogen) atoms. The predicted molar refractivity (Wildman–Crippen MR) is 63.5 cm³/mol. The van der Waals surface area contributed by atoms with E-state index in [9.17, 15) is 10.1 Å². The van der Waals surface area contributed by atoms with Crippen LogP contribution in [0.4, 0.5) is 5.69 Å². The number of nitro benzene ring substituents is 1. The van der Waals surface area contributed by atoms with Gasteiger partial charge in [0.05, 0.1) is 16.8 Å². The fourth-order valence-electron chi connectivity index (χ4n) is 1.73. The third-order valence-corrected chi connectivity index (χ3v) is 2.55. The van der Waals surface area contributed by atoms with E-state index in [-0.39, 0.29) is 12.3 Å². The number of aliphatic hydroxyl groups is 1. The molecular weight excluding hydrogens is 236 g/mol. The van der Waals surface area contributed by atoms with Crippen molar-refractivity contribution < 1.29 is 10.0 Å². The van der Waals surface area contributed by atoms with E-state index in [2.05, 4.69) is 10.3 Å². The van der Waals surface area contributed by atoms with Crippen molar-refractivity contribution >= 4 is 5.69 Å². The Balaban J connectivity index is 2.51. The van der Waals surface area contributed by atoms with Crippen LogP contribution >= 0.6 is 0 Å². The van der Waals surface area contributed by atoms with Gasteiger partial charge in [-0.25, -0.2) is 4.68 Å². The van der Waals surface area contributed by atoms with E-state index in [1.54, 1.807) is 25.3 Å². The van der Waals surface area contributed by atoms with Crippen molar-refractivity contribution in [3.05, 3.63) is 45.8 Å². The van der Waals surface area contributed by atoms with Crippen LogP contribution in [0.2, 0.25) is 0 Å². The summed E-state index contributed by atoms with van der Waals surface area (Å²) in [7, 11) is 0. The fraction of sp³-hybridized carbons (Fsp3) is 0.273. The van der Waals surface area contributed by atoms with Crippen LogP contribution in [0.15, 0.2) is 24.4 Å². The van der Waals surface area contributed by atoms with Crippen LogP contribution in [0.3, 0.4) is 0 Å². The minimum absolute atomic E-state index is 0.0181. The molecule has 0 aliphatic rings. The van der Waals surface area contributed by atoms with Gasteiger partial charge in [-0.1, -0.05) is 17.3 Å². The molecule has 1 aromatic heterocycles. The molecule has 0 aliphatic heterocycles. The van der Waals surface area contributed by atoms with E-state index in [0.29, 0.717) is 17.8 Å². The molecule has 0 saturated heterocycles. The number of nitrogens with zero attached hydrogens (tertiary/aromatic N) is 4. The van der Waals surface area contributed by atoms with Crippen LogP contribution in [0.25, 0.3) is 5.69 Å². The lowest BCUT2D eigenvalue weighted by molar-refractivity contribution is -0.384. The second-order valence-corrected chi connectivity index (χ2v) is 3.83. The van der Waals surface area contributed by atoms with E-state index < -0.39 is 4.92 Å². The number of aromatic nitrogens is 3. The monoisotopic (exact) mass is 248 g/mol. The summed E-state index contributed by atoms with van der Waals surface area (Å²) in [5.41, 5.74) is 1.72. The smallest absolute Gasteiger partial charge is 0.295 e. The summed E-state index contributed by atoms with van der Waals surface area (Å²) in [6.45, 7) is 1.74. The maximum absolute atomic E-state index is 11.0. The number of nitro groups is 1. The number of para-hydroxylation sites is 1. The average molecular weight is 248 g/mol. The van der Waals surface area contributed by atoms with E-state index in [1.165, 1.54) is 10.7 Å². The van der Waals surface area contributed by atoms with Crippen molar-refractivity contribution in [1.29, 1.82) is 0 Å². The van der Waals surface area contributed by atoms with Crippen LogP contribution in [0, 0.1) is 17.0 Å². The average Bonchev–Trinajstić information content (AvgIpc) is 2.77. The molecule has 0 fully saturated rings. The summed E-state index contributed by atoms with van der Waals surface area (Å²) in [6.07, 6.45) is 1.96. The number of aliphatic hydroxyl groups excluding tert-OH is 1. The van der Waals surface area contributed by atoms with Crippen molar-refractivity contribution in [3.63, 3.8) is 0 Å². The molecule has 1 aromatic carbocycles. The Morgan fingerprint density at radius 3 is 2.94 bits per heavy atom. The van der Waals surface area contributed by atoms with Gasteiger partial charge in [-0.2, -0.15) is 0 Å². The van der Waals surface area contributed by atoms with Crippen molar-refractivity contribution in [2.75, 3.05) is 6.61 Å². The highest BCUT2D eigenvalue weighted by molar-refractivity contribution is 5.56. The number of hydrogen-bond donors (Lipinski definition) is 1. The Hall–Kier alpha value is -2.28. The summed E-state index contributed by atoms with van der Waals surface area (Å²) in [5, 5.41) is 27.5. The van der Waals surface area contributed by atoms with E-state index in [1.807, 2.05) is 0 Å². The summed E-state index contributed by atoms with van der Waals surface area (Å²) in [5.74, 6) is 0. The predicted octanol–water partition coefficient (Wildman–Crippen LogP) is 1.02. The highest BCUT2D eigenvalue weighted by atomic mass is 16.6. The molecule has 0 saturated carbocycles. The van der Waals surface area contributed by atoms with Crippen molar-refractivity contribution in [1.82, 2.24) is 15.0 Å². The molecular formula is C11H12N4O3. The lowest BCUT2D eigenvalue weighted by Crippen LogP contribution is -2.03. The van der Waals surface area contributed by atoms with Crippen LogP contribution in [-0.2, 0) is 6.42 Å². The first-order valence-electron chi connectivity index (χ1n) is 5.40. The highest BCUT2D eigenvalue weighted by Crippen LogP contribution is 2.25. The summed E-state index contributed by atoms with van der Waals surface area (Å²) < 4.78 is 1.37. The molecule has 7 heteroatoms. The van der Waals surface area contributed by atoms with E-state index >= 15 is 0 Å². The Morgan fingerprint density at radius 2 is 2.28 bits per heavy atom. The highest BCUT2D eigenvalue weighted by Gasteiger charge is 2.18. The Morgan fingerprint density at radius 1 is 1.50 bits per heavy atom. The van der Waals surface area contributed by atoms with Crippen LogP contribution in [0.5, 0.6) is 0 Å². The van der Waals surface area contributed by atoms with Crippen LogP contribution in [-0.4, -0.2) is 31.6 Å². The summed E-state index contributed by atoms with van der Waals surface area (Å²) >= 11 is 0. The van der Waals surface area contributed by atoms with E-state index in [4.69, 9.17) is 5.11 Å². The molecule has 0 aliphatic carbocycles. The second kappa shape index (κ2) is 4.92. The molecule has 7 nitrogen and oxygen atoms in total. The maximum atomic E-state index is 11.0. The standard InChI is InChI=1S/C11H12N4O3/c1-8-3-2-4-10(15(17)18)11(8)14-7-9(5-6-16)12-13-14/h2-4,7,16H,5-6H2,1H3. The van der Waals surface area contributed by atoms with Crippen molar-refractivity contribution in [2.45, 2.75) is 13.3 Å². The third-order valence-electron chi connectivity index (χ3n) is 2.55. The van der Waals surface area contributed by atoms with Gasteiger partial charge in [-0.15, -0.1) is 5.10 Å². The molecule has 0 bridgehead atoms. The third kappa shape index (κ3) is 2.21. The molecule has 1 heterocycles. The Kier molecular flexibility index (Phi) is 3.33. The van der Waals surface area contributed by atoms with Gasteiger partial charge in [-0.3, -0.25) is 10.1 Å². The maximum Gasteiger partial charge on any atom is 0.295 e. The van der Waals surface area contributed by atoms with E-state index in [0.717, 1.165) is 5.56 Å². The minimum atomic E-state index is -0.449. The van der Waals surface area contributed by atoms with Gasteiger partial charge in [0, 0.05) is 19.1 Å². The zero-order valence-corrected chi connectivity index (χ0v) is 9.78. The SMILES string of the molecule is Cc1cccc([N+](=O)[O-])c1-n1cc(CCO)nn1. The second-order valence-electron chi connectivity index (χ2n) is 3.83. The zero-order chi connectivity index (χ0) is 13.1. The van der Waals surface area contributed by atoms with Gasteiger partial charge in [0.15, 0.2) is 0 Å². The largest absolute Gasteiger partial charge is 0.396 e. The molecule has 0 unspecified atom stereocenters.